The summed E-state index contributed by atoms with van der Waals surface area (Å²) in [4.78, 5) is 2.52. The quantitative estimate of drug-likeness (QED) is 0.772. The second-order valence-electron chi connectivity index (χ2n) is 7.54. The first kappa shape index (κ1) is 18.5. The third-order valence-corrected chi connectivity index (χ3v) is 5.22. The van der Waals surface area contributed by atoms with Crippen molar-refractivity contribution in [2.75, 3.05) is 7.05 Å². The maximum absolute atomic E-state index is 9.51. The molecule has 3 nitrogen and oxygen atoms in total. The molecule has 2 unspecified atom stereocenters. The van der Waals surface area contributed by atoms with E-state index in [9.17, 15) is 5.26 Å². The van der Waals surface area contributed by atoms with Crippen molar-refractivity contribution in [2.24, 2.45) is 5.92 Å². The molecule has 1 N–H and O–H groups in total. The second kappa shape index (κ2) is 8.15. The Morgan fingerprint density at radius 2 is 1.81 bits per heavy atom. The van der Waals surface area contributed by atoms with E-state index in [1.54, 1.807) is 0 Å². The number of hydrogen-bond acceptors (Lipinski definition) is 3. The van der Waals surface area contributed by atoms with E-state index < -0.39 is 5.54 Å². The van der Waals surface area contributed by atoms with Crippen LogP contribution in [0.2, 0.25) is 0 Å². The van der Waals surface area contributed by atoms with Gasteiger partial charge in [0.25, 0.3) is 0 Å². The molecule has 1 rings (SSSR count). The van der Waals surface area contributed by atoms with Crippen molar-refractivity contribution in [1.82, 2.24) is 10.2 Å². The summed E-state index contributed by atoms with van der Waals surface area (Å²) in [5, 5.41) is 12.9. The summed E-state index contributed by atoms with van der Waals surface area (Å²) in [5.41, 5.74) is -0.428. The molecule has 0 aromatic carbocycles. The Morgan fingerprint density at radius 1 is 1.24 bits per heavy atom. The van der Waals surface area contributed by atoms with Gasteiger partial charge in [-0.1, -0.05) is 13.3 Å². The van der Waals surface area contributed by atoms with Gasteiger partial charge in [-0.2, -0.15) is 5.26 Å². The van der Waals surface area contributed by atoms with Gasteiger partial charge in [0.05, 0.1) is 6.07 Å². The minimum absolute atomic E-state index is 0.340. The molecule has 0 saturated heterocycles. The molecule has 0 aromatic rings. The van der Waals surface area contributed by atoms with Gasteiger partial charge in [-0.05, 0) is 72.8 Å². The van der Waals surface area contributed by atoms with Gasteiger partial charge in [0, 0.05) is 18.1 Å². The fraction of sp³-hybridized carbons (Fsp3) is 0.944. The average molecular weight is 293 g/mol. The molecule has 0 bridgehead atoms. The molecule has 21 heavy (non-hydrogen) atoms. The van der Waals surface area contributed by atoms with E-state index in [0.29, 0.717) is 18.1 Å². The number of rotatable bonds is 7. The van der Waals surface area contributed by atoms with Crippen molar-refractivity contribution >= 4 is 0 Å². The topological polar surface area (TPSA) is 39.1 Å². The number of hydrogen-bond donors (Lipinski definition) is 1. The highest BCUT2D eigenvalue weighted by atomic mass is 15.2. The second-order valence-corrected chi connectivity index (χ2v) is 7.54. The minimum atomic E-state index is -0.428. The highest BCUT2D eigenvalue weighted by Gasteiger charge is 2.31. The minimum Gasteiger partial charge on any atom is -0.301 e. The lowest BCUT2D eigenvalue weighted by molar-refractivity contribution is 0.110. The van der Waals surface area contributed by atoms with Crippen molar-refractivity contribution in [2.45, 2.75) is 96.8 Å². The van der Waals surface area contributed by atoms with Gasteiger partial charge in [-0.25, -0.2) is 0 Å². The summed E-state index contributed by atoms with van der Waals surface area (Å²) >= 11 is 0. The van der Waals surface area contributed by atoms with Gasteiger partial charge in [0.1, 0.15) is 5.54 Å². The summed E-state index contributed by atoms with van der Waals surface area (Å²) in [5.74, 6) is 0.942. The van der Waals surface area contributed by atoms with Crippen molar-refractivity contribution in [1.29, 1.82) is 5.26 Å². The SMILES string of the molecule is CCC1CCC(N(C)C(C)CC(C)(C#N)NC(C)C)CC1. The highest BCUT2D eigenvalue weighted by molar-refractivity contribution is 5.06. The molecule has 1 saturated carbocycles. The zero-order chi connectivity index (χ0) is 16.0. The predicted molar refractivity (Wildman–Crippen MR) is 90.2 cm³/mol. The van der Waals surface area contributed by atoms with Crippen LogP contribution in [-0.4, -0.2) is 35.6 Å². The lowest BCUT2D eigenvalue weighted by Crippen LogP contribution is -2.51. The van der Waals surface area contributed by atoms with E-state index in [-0.39, 0.29) is 0 Å². The third-order valence-electron chi connectivity index (χ3n) is 5.22. The van der Waals surface area contributed by atoms with Crippen LogP contribution in [0, 0.1) is 17.2 Å². The smallest absolute Gasteiger partial charge is 0.105 e. The van der Waals surface area contributed by atoms with Gasteiger partial charge in [-0.15, -0.1) is 0 Å². The molecular weight excluding hydrogens is 258 g/mol. The van der Waals surface area contributed by atoms with Crippen LogP contribution in [0.3, 0.4) is 0 Å². The molecule has 0 radical (unpaired) electrons. The fourth-order valence-electron chi connectivity index (χ4n) is 3.83. The Morgan fingerprint density at radius 3 is 2.24 bits per heavy atom. The third kappa shape index (κ3) is 5.60. The predicted octanol–water partition coefficient (Wildman–Crippen LogP) is 3.95. The lowest BCUT2D eigenvalue weighted by Gasteiger charge is -2.40. The molecule has 1 fully saturated rings. The van der Waals surface area contributed by atoms with Crippen molar-refractivity contribution in [3.63, 3.8) is 0 Å². The number of nitrogens with zero attached hydrogens (tertiary/aromatic N) is 2. The van der Waals surface area contributed by atoms with Gasteiger partial charge < -0.3 is 4.90 Å². The average Bonchev–Trinajstić information content (AvgIpc) is 2.45. The molecule has 0 amide bonds. The van der Waals surface area contributed by atoms with Crippen LogP contribution in [0.25, 0.3) is 0 Å². The molecule has 2 atom stereocenters. The summed E-state index contributed by atoms with van der Waals surface area (Å²) < 4.78 is 0. The molecule has 0 aliphatic heterocycles. The Hall–Kier alpha value is -0.590. The Balaban J connectivity index is 2.54. The summed E-state index contributed by atoms with van der Waals surface area (Å²) in [6.07, 6.45) is 7.60. The van der Waals surface area contributed by atoms with Crippen molar-refractivity contribution < 1.29 is 0 Å². The van der Waals surface area contributed by atoms with E-state index in [2.05, 4.69) is 51.0 Å². The van der Waals surface area contributed by atoms with E-state index in [1.165, 1.54) is 32.1 Å². The first-order valence-corrected chi connectivity index (χ1v) is 8.72. The molecular formula is C18H35N3. The number of nitriles is 1. The van der Waals surface area contributed by atoms with Crippen LogP contribution in [0.15, 0.2) is 0 Å². The molecule has 0 spiro atoms. The van der Waals surface area contributed by atoms with Gasteiger partial charge in [0.2, 0.25) is 0 Å². The van der Waals surface area contributed by atoms with Crippen LogP contribution in [0.4, 0.5) is 0 Å². The molecule has 1 aliphatic carbocycles. The van der Waals surface area contributed by atoms with Crippen LogP contribution in [0.5, 0.6) is 0 Å². The van der Waals surface area contributed by atoms with Gasteiger partial charge >= 0.3 is 0 Å². The van der Waals surface area contributed by atoms with E-state index >= 15 is 0 Å². The van der Waals surface area contributed by atoms with Crippen LogP contribution in [-0.2, 0) is 0 Å². The molecule has 0 aromatic heterocycles. The van der Waals surface area contributed by atoms with Crippen molar-refractivity contribution in [3.8, 4) is 6.07 Å². The Kier molecular flexibility index (Phi) is 7.16. The maximum Gasteiger partial charge on any atom is 0.105 e. The normalized spacial score (nSPS) is 27.4. The van der Waals surface area contributed by atoms with Crippen LogP contribution >= 0.6 is 0 Å². The number of nitrogens with one attached hydrogen (secondary N) is 1. The fourth-order valence-corrected chi connectivity index (χ4v) is 3.83. The largest absolute Gasteiger partial charge is 0.301 e. The van der Waals surface area contributed by atoms with E-state index in [1.807, 2.05) is 6.92 Å². The molecule has 1 aliphatic rings. The maximum atomic E-state index is 9.51. The zero-order valence-corrected chi connectivity index (χ0v) is 14.9. The monoisotopic (exact) mass is 293 g/mol. The summed E-state index contributed by atoms with van der Waals surface area (Å²) in [7, 11) is 2.24. The summed E-state index contributed by atoms with van der Waals surface area (Å²) in [6.45, 7) is 10.8. The molecule has 3 heteroatoms. The Labute approximate surface area is 132 Å². The molecule has 122 valence electrons. The van der Waals surface area contributed by atoms with Crippen LogP contribution in [0.1, 0.15) is 73.1 Å². The van der Waals surface area contributed by atoms with Gasteiger partial charge in [0.15, 0.2) is 0 Å². The zero-order valence-electron chi connectivity index (χ0n) is 14.9. The van der Waals surface area contributed by atoms with Crippen molar-refractivity contribution in [3.05, 3.63) is 0 Å². The first-order valence-electron chi connectivity index (χ1n) is 8.72. The summed E-state index contributed by atoms with van der Waals surface area (Å²) in [6, 6.07) is 3.95. The van der Waals surface area contributed by atoms with E-state index in [0.717, 1.165) is 12.3 Å². The van der Waals surface area contributed by atoms with E-state index in [4.69, 9.17) is 0 Å². The van der Waals surface area contributed by atoms with Crippen LogP contribution < -0.4 is 5.32 Å². The first-order chi connectivity index (χ1) is 9.81. The highest BCUT2D eigenvalue weighted by Crippen LogP contribution is 2.30. The van der Waals surface area contributed by atoms with Gasteiger partial charge in [-0.3, -0.25) is 5.32 Å². The Bertz CT molecular complexity index is 339. The standard InChI is InChI=1S/C18H35N3/c1-7-16-8-10-17(11-9-16)21(6)15(4)12-18(5,13-19)20-14(2)3/h14-17,20H,7-12H2,1-6H3. The molecule has 0 heterocycles. The lowest BCUT2D eigenvalue weighted by atomic mass is 9.83.